The van der Waals surface area contributed by atoms with Gasteiger partial charge >= 0.3 is 12.0 Å². The number of nitrogens with one attached hydrogen (secondary N) is 2. The van der Waals surface area contributed by atoms with E-state index >= 15 is 0 Å². The van der Waals surface area contributed by atoms with Gasteiger partial charge in [0.05, 0.1) is 4.92 Å². The Morgan fingerprint density at radius 3 is 2.62 bits per heavy atom. The van der Waals surface area contributed by atoms with E-state index in [-0.39, 0.29) is 16.6 Å². The first-order chi connectivity index (χ1) is 11.2. The van der Waals surface area contributed by atoms with Gasteiger partial charge < -0.3 is 10.1 Å². The van der Waals surface area contributed by atoms with Crippen LogP contribution >= 0.6 is 11.6 Å². The quantitative estimate of drug-likeness (QED) is 0.455. The van der Waals surface area contributed by atoms with Crippen LogP contribution in [0.3, 0.4) is 0 Å². The van der Waals surface area contributed by atoms with Crippen molar-refractivity contribution in [2.75, 3.05) is 6.61 Å². The van der Waals surface area contributed by atoms with Crippen molar-refractivity contribution in [2.24, 2.45) is 0 Å². The van der Waals surface area contributed by atoms with Crippen molar-refractivity contribution in [1.82, 2.24) is 10.6 Å². The Labute approximate surface area is 142 Å². The number of carbonyl (C=O) groups excluding carboxylic acids is 3. The number of rotatable bonds is 6. The average Bonchev–Trinajstić information content (AvgIpc) is 2.52. The first-order valence-corrected chi connectivity index (χ1v) is 7.33. The Morgan fingerprint density at radius 1 is 1.38 bits per heavy atom. The second kappa shape index (κ2) is 8.82. The molecule has 0 radical (unpaired) electrons. The topological polar surface area (TPSA) is 128 Å². The van der Waals surface area contributed by atoms with Gasteiger partial charge in [0.25, 0.3) is 11.6 Å². The number of hydrogen-bond donors (Lipinski definition) is 2. The third-order valence-electron chi connectivity index (χ3n) is 2.95. The first-order valence-electron chi connectivity index (χ1n) is 6.96. The highest BCUT2D eigenvalue weighted by Crippen LogP contribution is 2.23. The van der Waals surface area contributed by atoms with Crippen molar-refractivity contribution < 1.29 is 24.0 Å². The molecule has 3 amide bonds. The van der Waals surface area contributed by atoms with Crippen molar-refractivity contribution >= 4 is 35.2 Å². The number of benzene rings is 1. The molecular weight excluding hydrogens is 342 g/mol. The monoisotopic (exact) mass is 357 g/mol. The standard InChI is InChI=1S/C14H16ClN3O6/c1-3-8(2)16-14(21)17-12(19)7-24-13(20)10-5-4-9(15)6-11(10)18(22)23/h4-6,8H,3,7H2,1-2H3,(H2,16,17,19,21)/t8-/m0/s1. The van der Waals surface area contributed by atoms with E-state index in [0.29, 0.717) is 6.42 Å². The molecule has 0 aromatic heterocycles. The van der Waals surface area contributed by atoms with Crippen molar-refractivity contribution in [3.63, 3.8) is 0 Å². The molecule has 0 bridgehead atoms. The van der Waals surface area contributed by atoms with Gasteiger partial charge in [-0.2, -0.15) is 0 Å². The lowest BCUT2D eigenvalue weighted by Crippen LogP contribution is -2.44. The molecule has 9 nitrogen and oxygen atoms in total. The summed E-state index contributed by atoms with van der Waals surface area (Å²) in [4.78, 5) is 44.9. The number of amides is 3. The summed E-state index contributed by atoms with van der Waals surface area (Å²) in [6.07, 6.45) is 0.677. The number of urea groups is 1. The van der Waals surface area contributed by atoms with Gasteiger partial charge in [0, 0.05) is 17.1 Å². The second-order valence-corrected chi connectivity index (χ2v) is 5.26. The summed E-state index contributed by atoms with van der Waals surface area (Å²) >= 11 is 5.64. The lowest BCUT2D eigenvalue weighted by Gasteiger charge is -2.11. The van der Waals surface area contributed by atoms with Crippen LogP contribution in [0.15, 0.2) is 18.2 Å². The van der Waals surface area contributed by atoms with Crippen LogP contribution < -0.4 is 10.6 Å². The molecule has 0 aliphatic heterocycles. The van der Waals surface area contributed by atoms with Gasteiger partial charge in [0.1, 0.15) is 5.56 Å². The Morgan fingerprint density at radius 2 is 2.04 bits per heavy atom. The highest BCUT2D eigenvalue weighted by Gasteiger charge is 2.22. The normalized spacial score (nSPS) is 11.3. The molecule has 24 heavy (non-hydrogen) atoms. The lowest BCUT2D eigenvalue weighted by molar-refractivity contribution is -0.385. The maximum atomic E-state index is 11.8. The molecule has 130 valence electrons. The summed E-state index contributed by atoms with van der Waals surface area (Å²) in [6, 6.07) is 2.55. The van der Waals surface area contributed by atoms with Crippen molar-refractivity contribution in [1.29, 1.82) is 0 Å². The van der Waals surface area contributed by atoms with Crippen molar-refractivity contribution in [3.8, 4) is 0 Å². The van der Waals surface area contributed by atoms with Gasteiger partial charge in [-0.15, -0.1) is 0 Å². The highest BCUT2D eigenvalue weighted by molar-refractivity contribution is 6.31. The Kier molecular flexibility index (Phi) is 7.12. The molecular formula is C14H16ClN3O6. The maximum absolute atomic E-state index is 11.8. The molecule has 0 saturated heterocycles. The largest absolute Gasteiger partial charge is 0.452 e. The maximum Gasteiger partial charge on any atom is 0.345 e. The third kappa shape index (κ3) is 5.84. The molecule has 2 N–H and O–H groups in total. The molecule has 1 rings (SSSR count). The minimum absolute atomic E-state index is 0.0812. The third-order valence-corrected chi connectivity index (χ3v) is 3.19. The summed E-state index contributed by atoms with van der Waals surface area (Å²) < 4.78 is 4.67. The van der Waals surface area contributed by atoms with E-state index in [0.717, 1.165) is 12.1 Å². The first kappa shape index (κ1) is 19.4. The smallest absolute Gasteiger partial charge is 0.345 e. The summed E-state index contributed by atoms with van der Waals surface area (Å²) in [5, 5.41) is 15.5. The number of esters is 1. The molecule has 0 heterocycles. The Hall–Kier alpha value is -2.68. The number of nitro benzene ring substituents is 1. The molecule has 0 saturated carbocycles. The average molecular weight is 358 g/mol. The van der Waals surface area contributed by atoms with Gasteiger partial charge in [-0.25, -0.2) is 9.59 Å². The highest BCUT2D eigenvalue weighted by atomic mass is 35.5. The summed E-state index contributed by atoms with van der Waals surface area (Å²) in [6.45, 7) is 2.85. The molecule has 10 heteroatoms. The Bertz CT molecular complexity index is 664. The SMILES string of the molecule is CC[C@H](C)NC(=O)NC(=O)COC(=O)c1ccc(Cl)cc1[N+](=O)[O-]. The van der Waals surface area contributed by atoms with Crippen LogP contribution in [0.1, 0.15) is 30.6 Å². The minimum atomic E-state index is -1.07. The molecule has 1 aromatic rings. The number of nitro groups is 1. The van der Waals surface area contributed by atoms with E-state index in [1.165, 1.54) is 6.07 Å². The van der Waals surface area contributed by atoms with Crippen LogP contribution in [-0.4, -0.2) is 35.5 Å². The summed E-state index contributed by atoms with van der Waals surface area (Å²) in [7, 11) is 0. The van der Waals surface area contributed by atoms with Gasteiger partial charge in [-0.05, 0) is 25.5 Å². The molecule has 1 aromatic carbocycles. The molecule has 0 aliphatic carbocycles. The molecule has 1 atom stereocenters. The predicted octanol–water partition coefficient (Wildman–Crippen LogP) is 2.03. The predicted molar refractivity (Wildman–Crippen MR) is 84.8 cm³/mol. The van der Waals surface area contributed by atoms with Gasteiger partial charge in [0.15, 0.2) is 6.61 Å². The van der Waals surface area contributed by atoms with Crippen LogP contribution in [0.4, 0.5) is 10.5 Å². The van der Waals surface area contributed by atoms with E-state index in [1.807, 2.05) is 12.2 Å². The second-order valence-electron chi connectivity index (χ2n) is 4.83. The van der Waals surface area contributed by atoms with Crippen molar-refractivity contribution in [3.05, 3.63) is 38.9 Å². The fraction of sp³-hybridized carbons (Fsp3) is 0.357. The molecule has 0 unspecified atom stereocenters. The molecule has 0 fully saturated rings. The number of ether oxygens (including phenoxy) is 1. The fourth-order valence-electron chi connectivity index (χ4n) is 1.56. The Balaban J connectivity index is 2.62. The van der Waals surface area contributed by atoms with E-state index in [9.17, 15) is 24.5 Å². The zero-order valence-electron chi connectivity index (χ0n) is 13.0. The van der Waals surface area contributed by atoms with E-state index in [2.05, 4.69) is 10.1 Å². The van der Waals surface area contributed by atoms with Gasteiger partial charge in [-0.3, -0.25) is 20.2 Å². The molecule has 0 aliphatic rings. The summed E-state index contributed by atoms with van der Waals surface area (Å²) in [5.41, 5.74) is -0.885. The van der Waals surface area contributed by atoms with E-state index in [4.69, 9.17) is 11.6 Å². The van der Waals surface area contributed by atoms with Crippen LogP contribution in [-0.2, 0) is 9.53 Å². The van der Waals surface area contributed by atoms with E-state index < -0.39 is 35.1 Å². The molecule has 0 spiro atoms. The van der Waals surface area contributed by atoms with Crippen LogP contribution in [0.2, 0.25) is 5.02 Å². The van der Waals surface area contributed by atoms with Gasteiger partial charge in [-0.1, -0.05) is 18.5 Å². The number of imide groups is 1. The van der Waals surface area contributed by atoms with Gasteiger partial charge in [0.2, 0.25) is 0 Å². The van der Waals surface area contributed by atoms with Crippen LogP contribution in [0, 0.1) is 10.1 Å². The van der Waals surface area contributed by atoms with Crippen LogP contribution in [0.5, 0.6) is 0 Å². The summed E-state index contributed by atoms with van der Waals surface area (Å²) in [5.74, 6) is -1.93. The fourth-order valence-corrected chi connectivity index (χ4v) is 1.73. The zero-order valence-corrected chi connectivity index (χ0v) is 13.8. The minimum Gasteiger partial charge on any atom is -0.452 e. The van der Waals surface area contributed by atoms with Crippen molar-refractivity contribution in [2.45, 2.75) is 26.3 Å². The number of nitrogens with zero attached hydrogens (tertiary/aromatic N) is 1. The number of carbonyl (C=O) groups is 3. The van der Waals surface area contributed by atoms with Crippen LogP contribution in [0.25, 0.3) is 0 Å². The van der Waals surface area contributed by atoms with E-state index in [1.54, 1.807) is 6.92 Å². The number of halogens is 1. The number of hydrogen-bond acceptors (Lipinski definition) is 6. The zero-order chi connectivity index (χ0) is 18.3. The lowest BCUT2D eigenvalue weighted by atomic mass is 10.2.